The highest BCUT2D eigenvalue weighted by Crippen LogP contribution is 2.21. The van der Waals surface area contributed by atoms with E-state index in [-0.39, 0.29) is 16.4 Å². The van der Waals surface area contributed by atoms with Crippen LogP contribution in [0, 0.1) is 5.82 Å². The Kier molecular flexibility index (Phi) is 5.71. The van der Waals surface area contributed by atoms with Crippen LogP contribution in [-0.2, 0) is 6.54 Å². The van der Waals surface area contributed by atoms with Crippen LogP contribution in [-0.4, -0.2) is 10.9 Å². The van der Waals surface area contributed by atoms with E-state index in [2.05, 4.69) is 15.6 Å². The van der Waals surface area contributed by atoms with E-state index in [1.54, 1.807) is 18.3 Å². The van der Waals surface area contributed by atoms with Gasteiger partial charge in [0.2, 0.25) is 0 Å². The van der Waals surface area contributed by atoms with Crippen molar-refractivity contribution in [3.8, 4) is 0 Å². The Hall–Kier alpha value is -2.63. The lowest BCUT2D eigenvalue weighted by Gasteiger charge is -2.10. The van der Waals surface area contributed by atoms with E-state index in [1.807, 2.05) is 24.3 Å². The van der Waals surface area contributed by atoms with Gasteiger partial charge in [-0.3, -0.25) is 4.79 Å². The van der Waals surface area contributed by atoms with Crippen molar-refractivity contribution in [1.29, 1.82) is 0 Å². The number of nitrogens with zero attached hydrogens (tertiary/aromatic N) is 1. The molecule has 0 radical (unpaired) electrons. The van der Waals surface area contributed by atoms with Gasteiger partial charge < -0.3 is 10.6 Å². The van der Waals surface area contributed by atoms with Crippen LogP contribution in [0.3, 0.4) is 0 Å². The summed E-state index contributed by atoms with van der Waals surface area (Å²) in [6.45, 7) is 0.540. The average molecular weight is 390 g/mol. The number of carbonyl (C=O) groups excluding carboxylic acids is 1. The van der Waals surface area contributed by atoms with E-state index in [4.69, 9.17) is 23.2 Å². The molecule has 0 aliphatic carbocycles. The minimum Gasteiger partial charge on any atom is -0.380 e. The second kappa shape index (κ2) is 8.17. The zero-order valence-corrected chi connectivity index (χ0v) is 15.0. The van der Waals surface area contributed by atoms with E-state index in [9.17, 15) is 9.18 Å². The van der Waals surface area contributed by atoms with Gasteiger partial charge in [-0.2, -0.15) is 0 Å². The summed E-state index contributed by atoms with van der Waals surface area (Å²) in [5, 5.41) is 6.44. The second-order valence-electron chi connectivity index (χ2n) is 5.43. The first-order valence-corrected chi connectivity index (χ1v) is 8.49. The van der Waals surface area contributed by atoms with Crippen LogP contribution in [0.5, 0.6) is 0 Å². The van der Waals surface area contributed by atoms with Gasteiger partial charge in [-0.15, -0.1) is 0 Å². The number of halogens is 3. The van der Waals surface area contributed by atoms with Crippen molar-refractivity contribution in [2.45, 2.75) is 6.54 Å². The van der Waals surface area contributed by atoms with Crippen LogP contribution in [0.1, 0.15) is 15.9 Å². The van der Waals surface area contributed by atoms with Gasteiger partial charge in [-0.05, 0) is 35.9 Å². The normalized spacial score (nSPS) is 10.4. The number of aromatic nitrogens is 1. The van der Waals surface area contributed by atoms with Crippen molar-refractivity contribution in [3.63, 3.8) is 0 Å². The molecule has 0 saturated heterocycles. The van der Waals surface area contributed by atoms with Crippen LogP contribution < -0.4 is 10.6 Å². The summed E-state index contributed by atoms with van der Waals surface area (Å²) in [5.74, 6) is -1.05. The molecule has 3 aromatic rings. The van der Waals surface area contributed by atoms with Crippen molar-refractivity contribution in [1.82, 2.24) is 4.98 Å². The Morgan fingerprint density at radius 2 is 1.77 bits per heavy atom. The third-order valence-electron chi connectivity index (χ3n) is 3.64. The van der Waals surface area contributed by atoms with Crippen LogP contribution in [0.15, 0.2) is 60.8 Å². The summed E-state index contributed by atoms with van der Waals surface area (Å²) in [7, 11) is 0. The Labute approximate surface area is 160 Å². The molecule has 132 valence electrons. The van der Waals surface area contributed by atoms with Gasteiger partial charge in [0.1, 0.15) is 11.6 Å². The fourth-order valence-corrected chi connectivity index (χ4v) is 2.76. The SMILES string of the molecule is O=C(Nc1ccc(NCc2ccccc2Cl)cn1)c1c(F)cccc1Cl. The van der Waals surface area contributed by atoms with Crippen LogP contribution in [0.4, 0.5) is 15.9 Å². The molecule has 2 N–H and O–H groups in total. The highest BCUT2D eigenvalue weighted by Gasteiger charge is 2.16. The predicted octanol–water partition coefficient (Wildman–Crippen LogP) is 5.39. The Morgan fingerprint density at radius 3 is 2.46 bits per heavy atom. The number of anilines is 2. The van der Waals surface area contributed by atoms with E-state index in [0.29, 0.717) is 11.6 Å². The summed E-state index contributed by atoms with van der Waals surface area (Å²) >= 11 is 12.0. The quantitative estimate of drug-likeness (QED) is 0.614. The molecule has 3 rings (SSSR count). The van der Waals surface area contributed by atoms with Gasteiger partial charge in [-0.1, -0.05) is 47.5 Å². The van der Waals surface area contributed by atoms with Gasteiger partial charge in [0.25, 0.3) is 5.91 Å². The topological polar surface area (TPSA) is 54.0 Å². The first kappa shape index (κ1) is 18.2. The third kappa shape index (κ3) is 4.31. The maximum Gasteiger partial charge on any atom is 0.261 e. The fraction of sp³-hybridized carbons (Fsp3) is 0.0526. The van der Waals surface area contributed by atoms with Crippen molar-refractivity contribution >= 4 is 40.6 Å². The largest absolute Gasteiger partial charge is 0.380 e. The average Bonchev–Trinajstić information content (AvgIpc) is 2.62. The molecule has 0 saturated carbocycles. The number of hydrogen-bond donors (Lipinski definition) is 2. The first-order valence-electron chi connectivity index (χ1n) is 7.73. The van der Waals surface area contributed by atoms with E-state index in [1.165, 1.54) is 18.2 Å². The third-order valence-corrected chi connectivity index (χ3v) is 4.32. The summed E-state index contributed by atoms with van der Waals surface area (Å²) in [6.07, 6.45) is 1.56. The highest BCUT2D eigenvalue weighted by molar-refractivity contribution is 6.34. The smallest absolute Gasteiger partial charge is 0.261 e. The van der Waals surface area contributed by atoms with Crippen molar-refractivity contribution < 1.29 is 9.18 Å². The summed E-state index contributed by atoms with van der Waals surface area (Å²) in [6, 6.07) is 15.0. The van der Waals surface area contributed by atoms with Gasteiger partial charge in [0.15, 0.2) is 0 Å². The number of benzene rings is 2. The lowest BCUT2D eigenvalue weighted by atomic mass is 10.2. The standard InChI is InChI=1S/C19H14Cl2FN3O/c20-14-5-2-1-4-12(14)10-23-13-8-9-17(24-11-13)25-19(26)18-15(21)6-3-7-16(18)22/h1-9,11,23H,10H2,(H,24,25,26). The molecule has 0 unspecified atom stereocenters. The Bertz CT molecular complexity index is 912. The zero-order valence-electron chi connectivity index (χ0n) is 13.5. The number of pyridine rings is 1. The fourth-order valence-electron chi connectivity index (χ4n) is 2.30. The van der Waals surface area contributed by atoms with Crippen molar-refractivity contribution in [2.75, 3.05) is 10.6 Å². The van der Waals surface area contributed by atoms with Gasteiger partial charge in [0.05, 0.1) is 22.5 Å². The lowest BCUT2D eigenvalue weighted by molar-refractivity contribution is 0.102. The lowest BCUT2D eigenvalue weighted by Crippen LogP contribution is -2.15. The summed E-state index contributed by atoms with van der Waals surface area (Å²) in [4.78, 5) is 16.3. The Balaban J connectivity index is 1.64. The number of hydrogen-bond acceptors (Lipinski definition) is 3. The highest BCUT2D eigenvalue weighted by atomic mass is 35.5. The molecule has 1 aromatic heterocycles. The molecular weight excluding hydrogens is 376 g/mol. The van der Waals surface area contributed by atoms with Crippen molar-refractivity contribution in [3.05, 3.63) is 87.8 Å². The molecular formula is C19H14Cl2FN3O. The maximum atomic E-state index is 13.8. The van der Waals surface area contributed by atoms with Gasteiger partial charge >= 0.3 is 0 Å². The molecule has 0 spiro atoms. The van der Waals surface area contributed by atoms with Crippen molar-refractivity contribution in [2.24, 2.45) is 0 Å². The van der Waals surface area contributed by atoms with E-state index >= 15 is 0 Å². The minimum atomic E-state index is -0.687. The molecule has 26 heavy (non-hydrogen) atoms. The molecule has 4 nitrogen and oxygen atoms in total. The summed E-state index contributed by atoms with van der Waals surface area (Å²) < 4.78 is 13.8. The monoisotopic (exact) mass is 389 g/mol. The molecule has 0 atom stereocenters. The van der Waals surface area contributed by atoms with Gasteiger partial charge in [0, 0.05) is 11.6 Å². The molecule has 1 heterocycles. The predicted molar refractivity (Wildman–Crippen MR) is 102 cm³/mol. The number of amides is 1. The maximum absolute atomic E-state index is 13.8. The molecule has 2 aromatic carbocycles. The molecule has 1 amide bonds. The molecule has 0 aliphatic rings. The minimum absolute atomic E-state index is 0.0422. The number of rotatable bonds is 5. The molecule has 0 bridgehead atoms. The van der Waals surface area contributed by atoms with Crippen LogP contribution in [0.25, 0.3) is 0 Å². The molecule has 7 heteroatoms. The van der Waals surface area contributed by atoms with Gasteiger partial charge in [-0.25, -0.2) is 9.37 Å². The zero-order chi connectivity index (χ0) is 18.5. The van der Waals surface area contributed by atoms with E-state index in [0.717, 1.165) is 11.3 Å². The first-order chi connectivity index (χ1) is 12.5. The Morgan fingerprint density at radius 1 is 1.00 bits per heavy atom. The number of nitrogens with one attached hydrogen (secondary N) is 2. The second-order valence-corrected chi connectivity index (χ2v) is 6.24. The van der Waals surface area contributed by atoms with Crippen LogP contribution >= 0.6 is 23.2 Å². The molecule has 0 aliphatic heterocycles. The van der Waals surface area contributed by atoms with Crippen LogP contribution in [0.2, 0.25) is 10.0 Å². The molecule has 0 fully saturated rings. The number of carbonyl (C=O) groups is 1. The summed E-state index contributed by atoms with van der Waals surface area (Å²) in [5.41, 5.74) is 1.50. The van der Waals surface area contributed by atoms with E-state index < -0.39 is 11.7 Å².